The largest absolute Gasteiger partial charge is 0.416 e. The smallest absolute Gasteiger partial charge is 0.297 e. The Balaban J connectivity index is 1.78. The van der Waals surface area contributed by atoms with Crippen molar-refractivity contribution in [2.45, 2.75) is 22.1 Å². The van der Waals surface area contributed by atoms with Crippen LogP contribution in [0.4, 0.5) is 37.7 Å². The topological polar surface area (TPSA) is 88.2 Å². The number of benzene rings is 4. The van der Waals surface area contributed by atoms with Crippen LogP contribution in [0.2, 0.25) is 0 Å². The van der Waals surface area contributed by atoms with E-state index in [-0.39, 0.29) is 12.2 Å². The fourth-order valence-electron chi connectivity index (χ4n) is 4.07. The molecule has 0 saturated heterocycles. The third-order valence-corrected chi connectivity index (χ3v) is 8.81. The molecular formula is C28H18F6N4O2S2. The van der Waals surface area contributed by atoms with Crippen molar-refractivity contribution < 1.29 is 34.8 Å². The molecule has 6 nitrogen and oxygen atoms in total. The SMILES string of the molecule is N#CCN(Sc1ccc(C(F)(F)F)cc1)c1ccc(N(CC#N)S(=O)(=O)c2ccc(C(F)(F)F)cc2)c2ccccc12. The summed E-state index contributed by atoms with van der Waals surface area (Å²) in [4.78, 5) is -0.0507. The van der Waals surface area contributed by atoms with Gasteiger partial charge < -0.3 is 0 Å². The van der Waals surface area contributed by atoms with E-state index >= 15 is 0 Å². The van der Waals surface area contributed by atoms with E-state index in [1.807, 2.05) is 6.07 Å². The van der Waals surface area contributed by atoms with Crippen molar-refractivity contribution in [1.29, 1.82) is 10.5 Å². The molecule has 4 rings (SSSR count). The van der Waals surface area contributed by atoms with Crippen molar-refractivity contribution in [1.82, 2.24) is 0 Å². The van der Waals surface area contributed by atoms with Gasteiger partial charge in [0.15, 0.2) is 0 Å². The third kappa shape index (κ3) is 6.40. The molecule has 0 fully saturated rings. The van der Waals surface area contributed by atoms with Crippen LogP contribution < -0.4 is 8.61 Å². The van der Waals surface area contributed by atoms with Crippen molar-refractivity contribution in [3.63, 3.8) is 0 Å². The van der Waals surface area contributed by atoms with E-state index in [0.717, 1.165) is 40.5 Å². The molecule has 0 unspecified atom stereocenters. The summed E-state index contributed by atoms with van der Waals surface area (Å²) in [6.45, 7) is -0.851. The lowest BCUT2D eigenvalue weighted by Gasteiger charge is -2.27. The molecule has 0 N–H and O–H groups in total. The first-order valence-electron chi connectivity index (χ1n) is 11.9. The molecule has 4 aromatic carbocycles. The van der Waals surface area contributed by atoms with Crippen LogP contribution in [0.5, 0.6) is 0 Å². The molecule has 216 valence electrons. The van der Waals surface area contributed by atoms with E-state index in [1.165, 1.54) is 28.6 Å². The minimum absolute atomic E-state index is 0.0623. The van der Waals surface area contributed by atoms with Gasteiger partial charge >= 0.3 is 12.4 Å². The number of halogens is 6. The van der Waals surface area contributed by atoms with E-state index < -0.39 is 44.9 Å². The maximum absolute atomic E-state index is 13.5. The highest BCUT2D eigenvalue weighted by atomic mass is 32.2. The van der Waals surface area contributed by atoms with Crippen LogP contribution in [-0.2, 0) is 22.4 Å². The normalized spacial score (nSPS) is 12.0. The average Bonchev–Trinajstić information content (AvgIpc) is 2.94. The molecule has 0 aliphatic heterocycles. The molecule has 0 bridgehead atoms. The highest BCUT2D eigenvalue weighted by Crippen LogP contribution is 2.40. The van der Waals surface area contributed by atoms with Crippen molar-refractivity contribution >= 4 is 44.1 Å². The fraction of sp³-hybridized carbons (Fsp3) is 0.143. The molecule has 0 aromatic heterocycles. The molecule has 0 aliphatic rings. The summed E-state index contributed by atoms with van der Waals surface area (Å²) in [5, 5.41) is 19.7. The molecule has 14 heteroatoms. The summed E-state index contributed by atoms with van der Waals surface area (Å²) >= 11 is 0.998. The van der Waals surface area contributed by atoms with Gasteiger partial charge in [0.25, 0.3) is 10.0 Å². The second-order valence-electron chi connectivity index (χ2n) is 8.65. The zero-order valence-corrected chi connectivity index (χ0v) is 22.8. The first-order valence-corrected chi connectivity index (χ1v) is 14.1. The van der Waals surface area contributed by atoms with Gasteiger partial charge in [-0.2, -0.15) is 36.9 Å². The Hall–Kier alpha value is -4.40. The Morgan fingerprint density at radius 3 is 1.64 bits per heavy atom. The molecule has 42 heavy (non-hydrogen) atoms. The van der Waals surface area contributed by atoms with Gasteiger partial charge in [-0.25, -0.2) is 8.42 Å². The van der Waals surface area contributed by atoms with Gasteiger partial charge in [-0.05, 0) is 72.6 Å². The Kier molecular flexibility index (Phi) is 8.61. The zero-order valence-electron chi connectivity index (χ0n) is 21.2. The lowest BCUT2D eigenvalue weighted by Crippen LogP contribution is -2.31. The maximum Gasteiger partial charge on any atom is 0.416 e. The first-order chi connectivity index (χ1) is 19.8. The number of hydrogen-bond acceptors (Lipinski definition) is 6. The zero-order chi connectivity index (χ0) is 30.7. The molecule has 0 radical (unpaired) electrons. The highest BCUT2D eigenvalue weighted by molar-refractivity contribution is 8.00. The van der Waals surface area contributed by atoms with Gasteiger partial charge in [-0.3, -0.25) is 8.61 Å². The molecule has 0 aliphatic carbocycles. The van der Waals surface area contributed by atoms with E-state index in [1.54, 1.807) is 30.3 Å². The number of fused-ring (bicyclic) bond motifs is 1. The second-order valence-corrected chi connectivity index (χ2v) is 11.6. The molecule has 4 aromatic rings. The maximum atomic E-state index is 13.5. The highest BCUT2D eigenvalue weighted by Gasteiger charge is 2.33. The minimum atomic E-state index is -4.67. The number of anilines is 2. The monoisotopic (exact) mass is 620 g/mol. The van der Waals surface area contributed by atoms with Crippen LogP contribution in [-0.4, -0.2) is 21.5 Å². The molecule has 0 saturated carbocycles. The van der Waals surface area contributed by atoms with Gasteiger partial charge in [0.05, 0.1) is 39.5 Å². The Labute approximate surface area is 241 Å². The summed E-state index contributed by atoms with van der Waals surface area (Å²) in [6.07, 6.45) is -9.19. The van der Waals surface area contributed by atoms with Gasteiger partial charge in [0.2, 0.25) is 0 Å². The summed E-state index contributed by atoms with van der Waals surface area (Å²) in [5.41, 5.74) is -1.37. The summed E-state index contributed by atoms with van der Waals surface area (Å²) in [6, 6.07) is 20.4. The third-order valence-electron chi connectivity index (χ3n) is 6.01. The Morgan fingerprint density at radius 1 is 0.667 bits per heavy atom. The predicted octanol–water partition coefficient (Wildman–Crippen LogP) is 7.63. The van der Waals surface area contributed by atoms with E-state index in [9.17, 15) is 45.3 Å². The number of nitrogens with zero attached hydrogens (tertiary/aromatic N) is 4. The first kappa shape index (κ1) is 30.6. The Morgan fingerprint density at radius 2 is 1.14 bits per heavy atom. The molecule has 0 spiro atoms. The summed E-state index contributed by atoms with van der Waals surface area (Å²) in [5.74, 6) is 0. The minimum Gasteiger partial charge on any atom is -0.297 e. The quantitative estimate of drug-likeness (QED) is 0.114. The van der Waals surface area contributed by atoms with E-state index in [4.69, 9.17) is 0 Å². The fourth-order valence-corrected chi connectivity index (χ4v) is 6.34. The standard InChI is InChI=1S/C28H18F6N4O2S2/c29-27(30,31)19-5-9-21(10-6-19)41-37(17-15-35)25-13-14-26(24-4-2-1-3-23(24)25)38(18-16-36)42(39,40)22-11-7-20(8-12-22)28(32,33)34/h1-14H,17-18H2. The van der Waals surface area contributed by atoms with E-state index in [2.05, 4.69) is 0 Å². The van der Waals surface area contributed by atoms with Crippen molar-refractivity contribution in [2.24, 2.45) is 0 Å². The van der Waals surface area contributed by atoms with Crippen LogP contribution in [0.15, 0.2) is 94.7 Å². The van der Waals surface area contributed by atoms with Crippen LogP contribution in [0.25, 0.3) is 10.8 Å². The summed E-state index contributed by atoms with van der Waals surface area (Å²) < 4.78 is 107. The molecule has 0 amide bonds. The van der Waals surface area contributed by atoms with E-state index in [0.29, 0.717) is 33.5 Å². The van der Waals surface area contributed by atoms with Crippen molar-refractivity contribution in [2.75, 3.05) is 21.7 Å². The molecular weight excluding hydrogens is 602 g/mol. The van der Waals surface area contributed by atoms with Gasteiger partial charge in [0.1, 0.15) is 13.1 Å². The van der Waals surface area contributed by atoms with Crippen LogP contribution >= 0.6 is 11.9 Å². The number of nitriles is 2. The Bertz CT molecular complexity index is 1780. The predicted molar refractivity (Wildman–Crippen MR) is 146 cm³/mol. The lowest BCUT2D eigenvalue weighted by molar-refractivity contribution is -0.138. The van der Waals surface area contributed by atoms with Gasteiger partial charge in [0, 0.05) is 15.7 Å². The van der Waals surface area contributed by atoms with Crippen molar-refractivity contribution in [3.05, 3.63) is 96.1 Å². The number of hydrogen-bond donors (Lipinski definition) is 0. The van der Waals surface area contributed by atoms with Gasteiger partial charge in [-0.1, -0.05) is 24.3 Å². The van der Waals surface area contributed by atoms with Gasteiger partial charge in [-0.15, -0.1) is 0 Å². The summed E-state index contributed by atoms with van der Waals surface area (Å²) in [7, 11) is -4.50. The molecule has 0 heterocycles. The van der Waals surface area contributed by atoms with Crippen molar-refractivity contribution in [3.8, 4) is 12.1 Å². The average molecular weight is 621 g/mol. The van der Waals surface area contributed by atoms with Crippen LogP contribution in [0.1, 0.15) is 11.1 Å². The van der Waals surface area contributed by atoms with Crippen LogP contribution in [0.3, 0.4) is 0 Å². The number of sulfonamides is 1. The molecule has 0 atom stereocenters. The lowest BCUT2D eigenvalue weighted by atomic mass is 10.1. The number of rotatable bonds is 8. The number of alkyl halides is 6. The van der Waals surface area contributed by atoms with Crippen LogP contribution in [0, 0.1) is 22.7 Å². The second kappa shape index (κ2) is 11.8.